The SMILES string of the molecule is Cc1cccc(F)c1CCS(=O)(=O)F. The number of halogens is 2. The maximum Gasteiger partial charge on any atom is 0.302 e. The van der Waals surface area contributed by atoms with Gasteiger partial charge in [-0.2, -0.15) is 8.42 Å². The van der Waals surface area contributed by atoms with Gasteiger partial charge in [-0.3, -0.25) is 0 Å². The maximum atomic E-state index is 13.1. The van der Waals surface area contributed by atoms with E-state index in [4.69, 9.17) is 0 Å². The molecule has 0 saturated carbocycles. The lowest BCUT2D eigenvalue weighted by Crippen LogP contribution is -2.05. The first-order chi connectivity index (χ1) is 6.40. The molecule has 0 radical (unpaired) electrons. The second-order valence-corrected chi connectivity index (χ2v) is 4.51. The van der Waals surface area contributed by atoms with Gasteiger partial charge in [0.2, 0.25) is 0 Å². The van der Waals surface area contributed by atoms with Crippen LogP contribution < -0.4 is 0 Å². The molecular formula is C9H10F2O2S. The van der Waals surface area contributed by atoms with Crippen LogP contribution in [0.3, 0.4) is 0 Å². The van der Waals surface area contributed by atoms with E-state index < -0.39 is 21.8 Å². The molecule has 0 aliphatic carbocycles. The zero-order valence-corrected chi connectivity index (χ0v) is 8.44. The Bertz CT molecular complexity index is 406. The minimum absolute atomic E-state index is 0.128. The molecule has 0 aromatic heterocycles. The maximum absolute atomic E-state index is 13.1. The van der Waals surface area contributed by atoms with E-state index in [0.717, 1.165) is 0 Å². The molecule has 0 atom stereocenters. The highest BCUT2D eigenvalue weighted by Crippen LogP contribution is 2.14. The van der Waals surface area contributed by atoms with E-state index in [2.05, 4.69) is 0 Å². The normalized spacial score (nSPS) is 11.6. The number of benzene rings is 1. The summed E-state index contributed by atoms with van der Waals surface area (Å²) >= 11 is 0. The molecule has 0 bridgehead atoms. The van der Waals surface area contributed by atoms with Crippen molar-refractivity contribution < 1.29 is 16.7 Å². The zero-order valence-electron chi connectivity index (χ0n) is 7.63. The monoisotopic (exact) mass is 220 g/mol. The van der Waals surface area contributed by atoms with Crippen LogP contribution in [-0.4, -0.2) is 14.2 Å². The first kappa shape index (κ1) is 11.1. The highest BCUT2D eigenvalue weighted by Gasteiger charge is 2.11. The topological polar surface area (TPSA) is 34.1 Å². The lowest BCUT2D eigenvalue weighted by Gasteiger charge is -2.04. The Kier molecular flexibility index (Phi) is 3.21. The predicted molar refractivity (Wildman–Crippen MR) is 49.7 cm³/mol. The van der Waals surface area contributed by atoms with Crippen LogP contribution in [0.15, 0.2) is 18.2 Å². The predicted octanol–water partition coefficient (Wildman–Crippen LogP) is 1.98. The Morgan fingerprint density at radius 1 is 1.36 bits per heavy atom. The van der Waals surface area contributed by atoms with Crippen LogP contribution in [0, 0.1) is 12.7 Å². The van der Waals surface area contributed by atoms with Gasteiger partial charge in [0.15, 0.2) is 0 Å². The van der Waals surface area contributed by atoms with Crippen molar-refractivity contribution in [2.75, 3.05) is 5.75 Å². The van der Waals surface area contributed by atoms with Gasteiger partial charge in [0.1, 0.15) is 5.82 Å². The van der Waals surface area contributed by atoms with Gasteiger partial charge in [-0.05, 0) is 30.5 Å². The Balaban J connectivity index is 2.87. The van der Waals surface area contributed by atoms with Gasteiger partial charge in [-0.1, -0.05) is 12.1 Å². The summed E-state index contributed by atoms with van der Waals surface area (Å²) < 4.78 is 45.8. The lowest BCUT2D eigenvalue weighted by atomic mass is 10.1. The van der Waals surface area contributed by atoms with Crippen molar-refractivity contribution in [3.8, 4) is 0 Å². The Morgan fingerprint density at radius 3 is 2.50 bits per heavy atom. The van der Waals surface area contributed by atoms with E-state index in [1.54, 1.807) is 13.0 Å². The molecule has 0 heterocycles. The summed E-state index contributed by atoms with van der Waals surface area (Å²) in [6.07, 6.45) is -0.128. The smallest absolute Gasteiger partial charge is 0.207 e. The van der Waals surface area contributed by atoms with E-state index in [-0.39, 0.29) is 12.0 Å². The van der Waals surface area contributed by atoms with Crippen LogP contribution in [0.4, 0.5) is 8.28 Å². The van der Waals surface area contributed by atoms with Crippen LogP contribution in [0.2, 0.25) is 0 Å². The summed E-state index contributed by atoms with van der Waals surface area (Å²) in [4.78, 5) is 0. The molecule has 0 amide bonds. The van der Waals surface area contributed by atoms with Crippen molar-refractivity contribution in [3.05, 3.63) is 35.1 Å². The Labute approximate surface area is 81.8 Å². The minimum atomic E-state index is -4.52. The molecule has 0 aliphatic rings. The molecule has 0 spiro atoms. The van der Waals surface area contributed by atoms with Crippen molar-refractivity contribution in [1.82, 2.24) is 0 Å². The quantitative estimate of drug-likeness (QED) is 0.730. The van der Waals surface area contributed by atoms with Crippen molar-refractivity contribution in [1.29, 1.82) is 0 Å². The molecule has 0 N–H and O–H groups in total. The molecule has 78 valence electrons. The van der Waals surface area contributed by atoms with Gasteiger partial charge < -0.3 is 0 Å². The molecule has 5 heteroatoms. The third-order valence-electron chi connectivity index (χ3n) is 1.95. The van der Waals surface area contributed by atoms with Crippen molar-refractivity contribution in [3.63, 3.8) is 0 Å². The average molecular weight is 220 g/mol. The van der Waals surface area contributed by atoms with Gasteiger partial charge in [-0.25, -0.2) is 4.39 Å². The largest absolute Gasteiger partial charge is 0.302 e. The summed E-state index contributed by atoms with van der Waals surface area (Å²) in [6, 6.07) is 4.41. The summed E-state index contributed by atoms with van der Waals surface area (Å²) in [5.41, 5.74) is 0.891. The fourth-order valence-electron chi connectivity index (χ4n) is 1.21. The highest BCUT2D eigenvalue weighted by molar-refractivity contribution is 7.86. The highest BCUT2D eigenvalue weighted by atomic mass is 32.3. The van der Waals surface area contributed by atoms with Gasteiger partial charge in [0.25, 0.3) is 0 Å². The first-order valence-corrected chi connectivity index (χ1v) is 5.62. The standard InChI is InChI=1S/C9H10F2O2S/c1-7-3-2-4-9(10)8(7)5-6-14(11,12)13/h2-4H,5-6H2,1H3. The summed E-state index contributed by atoms with van der Waals surface area (Å²) in [5.74, 6) is -1.16. The summed E-state index contributed by atoms with van der Waals surface area (Å²) in [7, 11) is -4.52. The fraction of sp³-hybridized carbons (Fsp3) is 0.333. The van der Waals surface area contributed by atoms with E-state index in [9.17, 15) is 16.7 Å². The van der Waals surface area contributed by atoms with Crippen LogP contribution in [0.25, 0.3) is 0 Å². The van der Waals surface area contributed by atoms with Crippen LogP contribution in [0.5, 0.6) is 0 Å². The van der Waals surface area contributed by atoms with Gasteiger partial charge in [0.05, 0.1) is 5.75 Å². The first-order valence-electron chi connectivity index (χ1n) is 4.06. The van der Waals surface area contributed by atoms with Crippen LogP contribution in [0.1, 0.15) is 11.1 Å². The third kappa shape index (κ3) is 3.06. The van der Waals surface area contributed by atoms with E-state index in [0.29, 0.717) is 5.56 Å². The number of aryl methyl sites for hydroxylation is 1. The van der Waals surface area contributed by atoms with Crippen molar-refractivity contribution in [2.24, 2.45) is 0 Å². The minimum Gasteiger partial charge on any atom is -0.207 e. The van der Waals surface area contributed by atoms with Gasteiger partial charge >= 0.3 is 10.2 Å². The summed E-state index contributed by atoms with van der Waals surface area (Å²) in [5, 5.41) is 0. The third-order valence-corrected chi connectivity index (χ3v) is 2.64. The molecule has 0 fully saturated rings. The molecule has 1 aromatic carbocycles. The van der Waals surface area contributed by atoms with Crippen molar-refractivity contribution >= 4 is 10.2 Å². The number of hydrogen-bond acceptors (Lipinski definition) is 2. The Morgan fingerprint density at radius 2 is 2.00 bits per heavy atom. The van der Waals surface area contributed by atoms with E-state index in [1.807, 2.05) is 0 Å². The molecule has 1 rings (SSSR count). The van der Waals surface area contributed by atoms with Crippen LogP contribution in [-0.2, 0) is 16.6 Å². The van der Waals surface area contributed by atoms with E-state index >= 15 is 0 Å². The molecule has 2 nitrogen and oxygen atoms in total. The molecule has 0 unspecified atom stereocenters. The fourth-order valence-corrected chi connectivity index (χ4v) is 1.65. The summed E-state index contributed by atoms with van der Waals surface area (Å²) in [6.45, 7) is 1.66. The van der Waals surface area contributed by atoms with Crippen LogP contribution >= 0.6 is 0 Å². The lowest BCUT2D eigenvalue weighted by molar-refractivity contribution is 0.550. The molecule has 1 aromatic rings. The number of hydrogen-bond donors (Lipinski definition) is 0. The molecular weight excluding hydrogens is 210 g/mol. The van der Waals surface area contributed by atoms with Gasteiger partial charge in [-0.15, -0.1) is 3.89 Å². The Hall–Kier alpha value is -0.970. The average Bonchev–Trinajstić information content (AvgIpc) is 2.01. The van der Waals surface area contributed by atoms with Gasteiger partial charge in [0, 0.05) is 0 Å². The molecule has 14 heavy (non-hydrogen) atoms. The number of rotatable bonds is 3. The second kappa shape index (κ2) is 4.04. The van der Waals surface area contributed by atoms with Crippen molar-refractivity contribution in [2.45, 2.75) is 13.3 Å². The molecule has 0 aliphatic heterocycles. The zero-order chi connectivity index (χ0) is 10.8. The molecule has 0 saturated heterocycles. The second-order valence-electron chi connectivity index (χ2n) is 3.03. The van der Waals surface area contributed by atoms with E-state index in [1.165, 1.54) is 12.1 Å².